The highest BCUT2D eigenvalue weighted by molar-refractivity contribution is 7.92. The Bertz CT molecular complexity index is 1560. The van der Waals surface area contributed by atoms with Crippen molar-refractivity contribution in [2.75, 3.05) is 11.8 Å². The zero-order chi connectivity index (χ0) is 26.6. The van der Waals surface area contributed by atoms with Gasteiger partial charge in [-0.15, -0.1) is 0 Å². The molecule has 0 aliphatic heterocycles. The minimum Gasteiger partial charge on any atom is -0.497 e. The lowest BCUT2D eigenvalue weighted by molar-refractivity contribution is 0.0955. The Morgan fingerprint density at radius 1 is 1.00 bits per heavy atom. The van der Waals surface area contributed by atoms with Gasteiger partial charge in [0, 0.05) is 38.9 Å². The molecule has 0 saturated heterocycles. The number of sulfonamides is 1. The topological polar surface area (TPSA) is 102 Å². The van der Waals surface area contributed by atoms with E-state index < -0.39 is 15.9 Å². The quantitative estimate of drug-likeness (QED) is 0.235. The number of aromatic nitrogens is 1. The average Bonchev–Trinajstić information content (AvgIpc) is 3.17. The lowest BCUT2D eigenvalue weighted by atomic mass is 10.2. The summed E-state index contributed by atoms with van der Waals surface area (Å²) in [4.78, 5) is 12.6. The van der Waals surface area contributed by atoms with Crippen LogP contribution in [0.4, 0.5) is 5.69 Å². The molecule has 8 nitrogen and oxygen atoms in total. The number of anilines is 1. The second-order valence-corrected chi connectivity index (χ2v) is 10.3. The van der Waals surface area contributed by atoms with E-state index in [4.69, 9.17) is 16.3 Å². The van der Waals surface area contributed by atoms with Gasteiger partial charge in [0.05, 0.1) is 18.2 Å². The van der Waals surface area contributed by atoms with E-state index in [9.17, 15) is 13.2 Å². The fraction of sp³-hybridized carbons (Fsp3) is 0.111. The number of aryl methyl sites for hydroxylation is 1. The molecule has 0 aliphatic carbocycles. The summed E-state index contributed by atoms with van der Waals surface area (Å²) in [5.74, 6) is 0.0679. The highest BCUT2D eigenvalue weighted by Gasteiger charge is 2.17. The number of amides is 1. The highest BCUT2D eigenvalue weighted by Crippen LogP contribution is 2.22. The molecule has 2 N–H and O–H groups in total. The van der Waals surface area contributed by atoms with Crippen LogP contribution in [-0.2, 0) is 10.0 Å². The number of carbonyl (C=O) groups is 1. The van der Waals surface area contributed by atoms with Crippen LogP contribution < -0.4 is 14.9 Å². The lowest BCUT2D eigenvalue weighted by Crippen LogP contribution is -2.19. The summed E-state index contributed by atoms with van der Waals surface area (Å²) in [5, 5.41) is 4.74. The van der Waals surface area contributed by atoms with Crippen LogP contribution in [-0.4, -0.2) is 32.2 Å². The van der Waals surface area contributed by atoms with Crippen LogP contribution in [0.2, 0.25) is 5.02 Å². The van der Waals surface area contributed by atoms with E-state index in [1.54, 1.807) is 30.5 Å². The molecule has 10 heteroatoms. The van der Waals surface area contributed by atoms with Gasteiger partial charge in [0.25, 0.3) is 15.9 Å². The molecule has 0 unspecified atom stereocenters. The molecule has 0 spiro atoms. The Balaban J connectivity index is 1.47. The number of hydrogen-bond donors (Lipinski definition) is 2. The van der Waals surface area contributed by atoms with Gasteiger partial charge in [-0.3, -0.25) is 9.52 Å². The van der Waals surface area contributed by atoms with Crippen LogP contribution in [0.15, 0.2) is 88.9 Å². The van der Waals surface area contributed by atoms with E-state index in [1.807, 2.05) is 44.2 Å². The molecule has 0 fully saturated rings. The van der Waals surface area contributed by atoms with Crippen LogP contribution in [0.1, 0.15) is 27.3 Å². The normalized spacial score (nSPS) is 11.5. The first-order valence-electron chi connectivity index (χ1n) is 11.2. The van der Waals surface area contributed by atoms with E-state index >= 15 is 0 Å². The van der Waals surface area contributed by atoms with Gasteiger partial charge in [-0.1, -0.05) is 17.7 Å². The predicted molar refractivity (Wildman–Crippen MR) is 146 cm³/mol. The van der Waals surface area contributed by atoms with Gasteiger partial charge in [-0.05, 0) is 86.6 Å². The van der Waals surface area contributed by atoms with Crippen LogP contribution >= 0.6 is 11.6 Å². The third-order valence-electron chi connectivity index (χ3n) is 5.67. The van der Waals surface area contributed by atoms with Gasteiger partial charge in [-0.25, -0.2) is 13.8 Å². The number of ether oxygens (including phenoxy) is 1. The maximum Gasteiger partial charge on any atom is 0.271 e. The summed E-state index contributed by atoms with van der Waals surface area (Å²) in [6, 6.07) is 21.7. The van der Waals surface area contributed by atoms with Crippen LogP contribution in [0.3, 0.4) is 0 Å². The molecule has 0 atom stereocenters. The molecule has 1 heterocycles. The van der Waals surface area contributed by atoms with Crippen LogP contribution in [0, 0.1) is 13.8 Å². The number of rotatable bonds is 8. The molecule has 4 rings (SSSR count). The van der Waals surface area contributed by atoms with Crippen molar-refractivity contribution in [3.8, 4) is 11.4 Å². The Morgan fingerprint density at radius 2 is 1.70 bits per heavy atom. The number of carbonyl (C=O) groups excluding carboxylic acids is 1. The number of halogens is 1. The minimum atomic E-state index is -3.91. The first-order valence-corrected chi connectivity index (χ1v) is 13.1. The number of hydrogen-bond acceptors (Lipinski definition) is 5. The van der Waals surface area contributed by atoms with E-state index in [2.05, 4.69) is 19.8 Å². The molecular formula is C27H25ClN4O4S. The second kappa shape index (κ2) is 10.9. The van der Waals surface area contributed by atoms with E-state index in [0.717, 1.165) is 22.6 Å². The van der Waals surface area contributed by atoms with Crippen molar-refractivity contribution in [1.82, 2.24) is 9.99 Å². The van der Waals surface area contributed by atoms with Gasteiger partial charge in [-0.2, -0.15) is 5.10 Å². The van der Waals surface area contributed by atoms with Crippen molar-refractivity contribution in [2.45, 2.75) is 18.7 Å². The zero-order valence-corrected chi connectivity index (χ0v) is 22.0. The number of nitrogens with zero attached hydrogens (tertiary/aromatic N) is 2. The molecule has 3 aromatic carbocycles. The van der Waals surface area contributed by atoms with Gasteiger partial charge < -0.3 is 9.30 Å². The largest absolute Gasteiger partial charge is 0.497 e. The van der Waals surface area contributed by atoms with Crippen molar-refractivity contribution in [3.63, 3.8) is 0 Å². The van der Waals surface area contributed by atoms with Crippen molar-refractivity contribution >= 4 is 39.4 Å². The molecule has 0 bridgehead atoms. The average molecular weight is 537 g/mol. The Morgan fingerprint density at radius 3 is 2.38 bits per heavy atom. The molecule has 0 saturated carbocycles. The molecule has 1 aromatic heterocycles. The number of nitrogens with one attached hydrogen (secondary N) is 2. The predicted octanol–water partition coefficient (Wildman–Crippen LogP) is 5.32. The Labute approximate surface area is 220 Å². The third kappa shape index (κ3) is 6.02. The number of hydrazone groups is 1. The Kier molecular flexibility index (Phi) is 7.66. The monoisotopic (exact) mass is 536 g/mol. The molecule has 0 radical (unpaired) electrons. The van der Waals surface area contributed by atoms with Crippen molar-refractivity contribution in [3.05, 3.63) is 106 Å². The minimum absolute atomic E-state index is 0.0496. The van der Waals surface area contributed by atoms with E-state index in [-0.39, 0.29) is 10.5 Å². The first kappa shape index (κ1) is 26.0. The molecular weight excluding hydrogens is 512 g/mol. The van der Waals surface area contributed by atoms with Crippen molar-refractivity contribution < 1.29 is 17.9 Å². The van der Waals surface area contributed by atoms with Crippen molar-refractivity contribution in [1.29, 1.82) is 0 Å². The third-order valence-corrected chi connectivity index (χ3v) is 7.30. The number of benzene rings is 3. The van der Waals surface area contributed by atoms with Crippen LogP contribution in [0.5, 0.6) is 5.75 Å². The van der Waals surface area contributed by atoms with Gasteiger partial charge in [0.2, 0.25) is 0 Å². The fourth-order valence-electron chi connectivity index (χ4n) is 3.81. The molecule has 1 amide bonds. The fourth-order valence-corrected chi connectivity index (χ4v) is 5.04. The molecule has 4 aromatic rings. The van der Waals surface area contributed by atoms with Crippen LogP contribution in [0.25, 0.3) is 5.69 Å². The lowest BCUT2D eigenvalue weighted by Gasteiger charge is -2.10. The number of methoxy groups -OCH3 is 1. The SMILES string of the molecule is COc1ccc(NS(=O)(=O)c2cccc(C(=O)N/N=C\c3cc(C)n(-c4ccc(Cl)cc4)c3C)c2)cc1. The standard InChI is InChI=1S/C27H25ClN4O4S/c1-18-15-21(19(2)32(18)24-11-7-22(28)8-12-24)17-29-30-27(33)20-5-4-6-26(16-20)37(34,35)31-23-9-13-25(36-3)14-10-23/h4-17,31H,1-3H3,(H,30,33)/b29-17-. The molecule has 37 heavy (non-hydrogen) atoms. The maximum absolute atomic E-state index is 12.8. The van der Waals surface area contributed by atoms with Gasteiger partial charge >= 0.3 is 0 Å². The highest BCUT2D eigenvalue weighted by atomic mass is 35.5. The van der Waals surface area contributed by atoms with Crippen molar-refractivity contribution in [2.24, 2.45) is 5.10 Å². The summed E-state index contributed by atoms with van der Waals surface area (Å²) in [5.41, 5.74) is 6.72. The van der Waals surface area contributed by atoms with E-state index in [0.29, 0.717) is 16.5 Å². The van der Waals surface area contributed by atoms with E-state index in [1.165, 1.54) is 31.4 Å². The maximum atomic E-state index is 12.8. The summed E-state index contributed by atoms with van der Waals surface area (Å²) < 4.78 is 35.3. The molecule has 0 aliphatic rings. The summed E-state index contributed by atoms with van der Waals surface area (Å²) in [7, 11) is -2.38. The summed E-state index contributed by atoms with van der Waals surface area (Å²) >= 11 is 6.00. The zero-order valence-electron chi connectivity index (χ0n) is 20.4. The second-order valence-electron chi connectivity index (χ2n) is 8.20. The Hall–Kier alpha value is -4.08. The van der Waals surface area contributed by atoms with Gasteiger partial charge in [0.1, 0.15) is 5.75 Å². The molecule has 190 valence electrons. The summed E-state index contributed by atoms with van der Waals surface area (Å²) in [6.45, 7) is 3.93. The summed E-state index contributed by atoms with van der Waals surface area (Å²) in [6.07, 6.45) is 1.55. The smallest absolute Gasteiger partial charge is 0.271 e. The first-order chi connectivity index (χ1) is 17.7. The van der Waals surface area contributed by atoms with Gasteiger partial charge in [0.15, 0.2) is 0 Å².